The van der Waals surface area contributed by atoms with Crippen LogP contribution in [0.5, 0.6) is 0 Å². The van der Waals surface area contributed by atoms with Crippen LogP contribution in [-0.2, 0) is 13.0 Å². The van der Waals surface area contributed by atoms with E-state index in [1.54, 1.807) is 11.3 Å². The summed E-state index contributed by atoms with van der Waals surface area (Å²) in [6.07, 6.45) is 0.824. The third-order valence-electron chi connectivity index (χ3n) is 4.04. The Balaban J connectivity index is 1.66. The number of carbonyl (C=O) groups excluding carboxylic acids is 1. The van der Waals surface area contributed by atoms with E-state index in [-0.39, 0.29) is 5.91 Å². The summed E-state index contributed by atoms with van der Waals surface area (Å²) >= 11 is 1.55. The van der Waals surface area contributed by atoms with E-state index >= 15 is 0 Å². The van der Waals surface area contributed by atoms with Gasteiger partial charge in [-0.15, -0.1) is 0 Å². The minimum Gasteiger partial charge on any atom is -0.334 e. The number of nitrogens with one attached hydrogen (secondary N) is 1. The number of hydrogen-bond acceptors (Lipinski definition) is 3. The summed E-state index contributed by atoms with van der Waals surface area (Å²) in [4.78, 5) is 14.5. The zero-order valence-corrected chi connectivity index (χ0v) is 12.8. The number of aromatic amines is 1. The van der Waals surface area contributed by atoms with E-state index < -0.39 is 0 Å². The zero-order chi connectivity index (χ0) is 14.9. The van der Waals surface area contributed by atoms with Crippen molar-refractivity contribution in [1.82, 2.24) is 15.1 Å². The lowest BCUT2D eigenvalue weighted by molar-refractivity contribution is 0.0735. The minimum absolute atomic E-state index is 0.104. The molecule has 22 heavy (non-hydrogen) atoms. The number of rotatable bonds is 2. The lowest BCUT2D eigenvalue weighted by atomic mass is 10.0. The summed E-state index contributed by atoms with van der Waals surface area (Å²) in [6.45, 7) is 1.35. The van der Waals surface area contributed by atoms with Crippen molar-refractivity contribution in [2.45, 2.75) is 13.0 Å². The molecule has 0 spiro atoms. The highest BCUT2D eigenvalue weighted by atomic mass is 32.1. The normalized spacial score (nSPS) is 13.9. The molecule has 0 unspecified atom stereocenters. The van der Waals surface area contributed by atoms with Crippen LogP contribution in [0.2, 0.25) is 0 Å². The first kappa shape index (κ1) is 13.3. The number of carbonyl (C=O) groups is 1. The smallest absolute Gasteiger partial charge is 0.255 e. The van der Waals surface area contributed by atoms with Crippen LogP contribution in [0.1, 0.15) is 21.6 Å². The lowest BCUT2D eigenvalue weighted by Gasteiger charge is -2.27. The molecule has 3 heterocycles. The number of benzene rings is 1. The highest BCUT2D eigenvalue weighted by molar-refractivity contribution is 7.08. The van der Waals surface area contributed by atoms with Gasteiger partial charge in [0.05, 0.1) is 11.3 Å². The monoisotopic (exact) mass is 309 g/mol. The second kappa shape index (κ2) is 5.42. The largest absolute Gasteiger partial charge is 0.334 e. The molecule has 0 saturated carbocycles. The van der Waals surface area contributed by atoms with Crippen molar-refractivity contribution in [3.05, 3.63) is 64.0 Å². The molecule has 0 atom stereocenters. The highest BCUT2D eigenvalue weighted by Crippen LogP contribution is 2.28. The summed E-state index contributed by atoms with van der Waals surface area (Å²) in [7, 11) is 0. The third-order valence-corrected chi connectivity index (χ3v) is 4.72. The molecular formula is C17H15N3OS. The summed E-state index contributed by atoms with van der Waals surface area (Å²) in [6, 6.07) is 12.0. The van der Waals surface area contributed by atoms with Gasteiger partial charge in [-0.25, -0.2) is 0 Å². The van der Waals surface area contributed by atoms with Gasteiger partial charge in [0.15, 0.2) is 0 Å². The zero-order valence-electron chi connectivity index (χ0n) is 12.0. The van der Waals surface area contributed by atoms with Crippen molar-refractivity contribution in [3.8, 4) is 11.3 Å². The second-order valence-corrected chi connectivity index (χ2v) is 6.16. The van der Waals surface area contributed by atoms with E-state index in [1.165, 1.54) is 0 Å². The van der Waals surface area contributed by atoms with Crippen LogP contribution in [-0.4, -0.2) is 27.5 Å². The van der Waals surface area contributed by atoms with Crippen LogP contribution < -0.4 is 0 Å². The van der Waals surface area contributed by atoms with Crippen molar-refractivity contribution in [2.75, 3.05) is 6.54 Å². The maximum atomic E-state index is 12.5. The van der Waals surface area contributed by atoms with Crippen LogP contribution in [0.3, 0.4) is 0 Å². The van der Waals surface area contributed by atoms with Crippen LogP contribution in [0, 0.1) is 0 Å². The molecule has 1 aromatic carbocycles. The van der Waals surface area contributed by atoms with E-state index in [9.17, 15) is 4.79 Å². The fourth-order valence-electron chi connectivity index (χ4n) is 2.87. The standard InChI is InChI=1S/C17H15N3OS/c21-17(13-7-9-22-11-13)20-8-6-15-14(10-20)16(19-18-15)12-4-2-1-3-5-12/h1-5,7,9,11H,6,8,10H2,(H,18,19). The Morgan fingerprint density at radius 1 is 1.23 bits per heavy atom. The Morgan fingerprint density at radius 2 is 2.09 bits per heavy atom. The second-order valence-electron chi connectivity index (χ2n) is 5.38. The van der Waals surface area contributed by atoms with E-state index in [1.807, 2.05) is 39.9 Å². The molecule has 4 nitrogen and oxygen atoms in total. The first-order valence-corrected chi connectivity index (χ1v) is 8.20. The average Bonchev–Trinajstić information content (AvgIpc) is 3.24. The van der Waals surface area contributed by atoms with Gasteiger partial charge in [0.2, 0.25) is 0 Å². The topological polar surface area (TPSA) is 49.0 Å². The van der Waals surface area contributed by atoms with E-state index in [2.05, 4.69) is 22.3 Å². The van der Waals surface area contributed by atoms with Crippen LogP contribution in [0.15, 0.2) is 47.2 Å². The molecule has 1 aliphatic rings. The van der Waals surface area contributed by atoms with Crippen LogP contribution in [0.25, 0.3) is 11.3 Å². The summed E-state index contributed by atoms with van der Waals surface area (Å²) in [5.74, 6) is 0.104. The summed E-state index contributed by atoms with van der Waals surface area (Å²) < 4.78 is 0. The number of nitrogens with zero attached hydrogens (tertiary/aromatic N) is 2. The van der Waals surface area contributed by atoms with Crippen molar-refractivity contribution in [1.29, 1.82) is 0 Å². The van der Waals surface area contributed by atoms with Gasteiger partial charge in [0.1, 0.15) is 0 Å². The maximum absolute atomic E-state index is 12.5. The first-order chi connectivity index (χ1) is 10.8. The number of hydrogen-bond donors (Lipinski definition) is 1. The third kappa shape index (κ3) is 2.23. The maximum Gasteiger partial charge on any atom is 0.255 e. The van der Waals surface area contributed by atoms with Gasteiger partial charge >= 0.3 is 0 Å². The Hall–Kier alpha value is -2.40. The van der Waals surface area contributed by atoms with Crippen molar-refractivity contribution in [3.63, 3.8) is 0 Å². The fraction of sp³-hybridized carbons (Fsp3) is 0.176. The predicted octanol–water partition coefficient (Wildman–Crippen LogP) is 3.34. The molecular weight excluding hydrogens is 294 g/mol. The van der Waals surface area contributed by atoms with Gasteiger partial charge in [0.25, 0.3) is 5.91 Å². The minimum atomic E-state index is 0.104. The number of thiophene rings is 1. The van der Waals surface area contributed by atoms with Gasteiger partial charge in [-0.3, -0.25) is 9.89 Å². The van der Waals surface area contributed by atoms with Crippen molar-refractivity contribution >= 4 is 17.2 Å². The fourth-order valence-corrected chi connectivity index (χ4v) is 3.50. The summed E-state index contributed by atoms with van der Waals surface area (Å²) in [5, 5.41) is 11.4. The van der Waals surface area contributed by atoms with Crippen LogP contribution >= 0.6 is 11.3 Å². The van der Waals surface area contributed by atoms with E-state index in [0.717, 1.165) is 41.0 Å². The molecule has 5 heteroatoms. The summed E-state index contributed by atoms with van der Waals surface area (Å²) in [5.41, 5.74) is 5.11. The van der Waals surface area contributed by atoms with E-state index in [4.69, 9.17) is 0 Å². The number of H-pyrrole nitrogens is 1. The molecule has 0 radical (unpaired) electrons. The molecule has 110 valence electrons. The van der Waals surface area contributed by atoms with Gasteiger partial charge < -0.3 is 4.90 Å². The van der Waals surface area contributed by atoms with E-state index in [0.29, 0.717) is 6.54 Å². The van der Waals surface area contributed by atoms with Gasteiger partial charge in [-0.05, 0) is 11.4 Å². The quantitative estimate of drug-likeness (QED) is 0.789. The van der Waals surface area contributed by atoms with Gasteiger partial charge in [-0.1, -0.05) is 30.3 Å². The molecule has 1 N–H and O–H groups in total. The Kier molecular flexibility index (Phi) is 3.27. The number of fused-ring (bicyclic) bond motifs is 1. The molecule has 0 aliphatic carbocycles. The van der Waals surface area contributed by atoms with Gasteiger partial charge in [0, 0.05) is 41.7 Å². The SMILES string of the molecule is O=C(c1ccsc1)N1CCc2[nH]nc(-c3ccccc3)c2C1. The molecule has 0 fully saturated rings. The van der Waals surface area contributed by atoms with Crippen LogP contribution in [0.4, 0.5) is 0 Å². The molecule has 3 aromatic rings. The average molecular weight is 309 g/mol. The molecule has 4 rings (SSSR count). The van der Waals surface area contributed by atoms with Crippen molar-refractivity contribution in [2.24, 2.45) is 0 Å². The van der Waals surface area contributed by atoms with Crippen molar-refractivity contribution < 1.29 is 4.79 Å². The Bertz CT molecular complexity index is 793. The first-order valence-electron chi connectivity index (χ1n) is 7.26. The predicted molar refractivity (Wildman–Crippen MR) is 86.8 cm³/mol. The number of amides is 1. The molecule has 0 bridgehead atoms. The van der Waals surface area contributed by atoms with Gasteiger partial charge in [-0.2, -0.15) is 16.4 Å². The number of aromatic nitrogens is 2. The molecule has 1 amide bonds. The Morgan fingerprint density at radius 3 is 2.86 bits per heavy atom. The molecule has 0 saturated heterocycles. The molecule has 1 aliphatic heterocycles. The highest BCUT2D eigenvalue weighted by Gasteiger charge is 2.26. The molecule has 2 aromatic heterocycles. The lowest BCUT2D eigenvalue weighted by Crippen LogP contribution is -2.35. The Labute approximate surface area is 132 Å².